The van der Waals surface area contributed by atoms with Gasteiger partial charge in [0.2, 0.25) is 15.6 Å². The first-order valence-corrected chi connectivity index (χ1v) is 8.21. The van der Waals surface area contributed by atoms with Crippen molar-refractivity contribution < 1.29 is 8.42 Å². The fourth-order valence-electron chi connectivity index (χ4n) is 2.20. The average Bonchev–Trinajstić information content (AvgIpc) is 2.87. The molecule has 23 heavy (non-hydrogen) atoms. The van der Waals surface area contributed by atoms with Crippen LogP contribution in [0.25, 0.3) is 11.0 Å². The van der Waals surface area contributed by atoms with Crippen LogP contribution in [0.4, 0.5) is 0 Å². The first kappa shape index (κ1) is 15.3. The second-order valence-electron chi connectivity index (χ2n) is 5.10. The van der Waals surface area contributed by atoms with Crippen LogP contribution in [-0.4, -0.2) is 23.0 Å². The Morgan fingerprint density at radius 3 is 2.57 bits per heavy atom. The fraction of sp³-hybridized carbons (Fsp3) is 0.143. The molecule has 3 N–H and O–H groups in total. The van der Waals surface area contributed by atoms with Gasteiger partial charge in [0.15, 0.2) is 0 Å². The number of H-pyrrole nitrogens is 2. The molecule has 0 aliphatic rings. The van der Waals surface area contributed by atoms with Crippen molar-refractivity contribution in [2.45, 2.75) is 11.4 Å². The number of pyridine rings is 1. The minimum absolute atomic E-state index is 0.0464. The summed E-state index contributed by atoms with van der Waals surface area (Å²) in [4.78, 5) is 27.6. The van der Waals surface area contributed by atoms with Gasteiger partial charge in [-0.3, -0.25) is 4.79 Å². The van der Waals surface area contributed by atoms with E-state index in [0.29, 0.717) is 16.6 Å². The maximum atomic E-state index is 12.3. The zero-order valence-corrected chi connectivity index (χ0v) is 13.0. The number of aryl methyl sites for hydroxylation is 1. The number of benzene rings is 1. The Morgan fingerprint density at radius 2 is 1.83 bits per heavy atom. The van der Waals surface area contributed by atoms with Crippen LogP contribution in [0.2, 0.25) is 0 Å². The number of nitrogens with one attached hydrogen (secondary N) is 3. The van der Waals surface area contributed by atoms with Crippen molar-refractivity contribution in [1.82, 2.24) is 19.3 Å². The Hall–Kier alpha value is -2.65. The van der Waals surface area contributed by atoms with Crippen LogP contribution in [-0.2, 0) is 23.6 Å². The van der Waals surface area contributed by atoms with Crippen molar-refractivity contribution >= 4 is 21.1 Å². The predicted molar refractivity (Wildman–Crippen MR) is 84.6 cm³/mol. The highest BCUT2D eigenvalue weighted by molar-refractivity contribution is 7.89. The lowest BCUT2D eigenvalue weighted by atomic mass is 10.3. The van der Waals surface area contributed by atoms with Gasteiger partial charge in [0.25, 0.3) is 0 Å². The Morgan fingerprint density at radius 1 is 1.09 bits per heavy atom. The van der Waals surface area contributed by atoms with Crippen LogP contribution in [0.5, 0.6) is 0 Å². The van der Waals surface area contributed by atoms with E-state index in [-0.39, 0.29) is 17.0 Å². The monoisotopic (exact) mass is 334 g/mol. The zero-order valence-electron chi connectivity index (χ0n) is 12.2. The topological polar surface area (TPSA) is 117 Å². The van der Waals surface area contributed by atoms with E-state index < -0.39 is 15.7 Å². The zero-order chi connectivity index (χ0) is 16.6. The van der Waals surface area contributed by atoms with E-state index >= 15 is 0 Å². The van der Waals surface area contributed by atoms with Crippen molar-refractivity contribution in [2.75, 3.05) is 0 Å². The quantitative estimate of drug-likeness (QED) is 0.624. The van der Waals surface area contributed by atoms with Gasteiger partial charge in [-0.05, 0) is 23.8 Å². The lowest BCUT2D eigenvalue weighted by molar-refractivity contribution is 0.581. The van der Waals surface area contributed by atoms with Crippen LogP contribution < -0.4 is 16.0 Å². The molecule has 1 aromatic carbocycles. The van der Waals surface area contributed by atoms with Crippen molar-refractivity contribution in [3.63, 3.8) is 0 Å². The smallest absolute Gasteiger partial charge is 0.318 e. The van der Waals surface area contributed by atoms with Crippen LogP contribution in [0.3, 0.4) is 0 Å². The van der Waals surface area contributed by atoms with E-state index in [9.17, 15) is 18.0 Å². The van der Waals surface area contributed by atoms with Gasteiger partial charge < -0.3 is 14.5 Å². The summed E-state index contributed by atoms with van der Waals surface area (Å²) in [7, 11) is -2.14. The van der Waals surface area contributed by atoms with Gasteiger partial charge >= 0.3 is 5.69 Å². The molecule has 0 radical (unpaired) electrons. The molecule has 0 spiro atoms. The minimum Gasteiger partial charge on any atom is -0.318 e. The molecule has 3 aromatic rings. The summed E-state index contributed by atoms with van der Waals surface area (Å²) < 4.78 is 28.5. The van der Waals surface area contributed by atoms with E-state index in [1.165, 1.54) is 28.8 Å². The molecular weight excluding hydrogens is 320 g/mol. The Bertz CT molecular complexity index is 1090. The SMILES string of the molecule is Cn1cc(CNS(=O)(=O)c2ccc3[nH]c(=O)[nH]c3c2)ccc1=O. The Kier molecular flexibility index (Phi) is 3.66. The van der Waals surface area contributed by atoms with Crippen molar-refractivity contribution in [1.29, 1.82) is 0 Å². The standard InChI is InChI=1S/C14H14N4O4S/c1-18-8-9(2-5-13(18)19)7-15-23(21,22)10-3-4-11-12(6-10)17-14(20)16-11/h2-6,8,15H,7H2,1H3,(H2,16,17,20). The molecule has 0 unspecified atom stereocenters. The van der Waals surface area contributed by atoms with Crippen molar-refractivity contribution in [3.8, 4) is 0 Å². The molecule has 8 nitrogen and oxygen atoms in total. The van der Waals surface area contributed by atoms with Gasteiger partial charge in [-0.25, -0.2) is 17.9 Å². The highest BCUT2D eigenvalue weighted by Crippen LogP contribution is 2.15. The number of nitrogens with zero attached hydrogens (tertiary/aromatic N) is 1. The average molecular weight is 334 g/mol. The highest BCUT2D eigenvalue weighted by atomic mass is 32.2. The second kappa shape index (κ2) is 5.52. The molecule has 2 aromatic heterocycles. The molecule has 0 saturated heterocycles. The molecule has 0 bridgehead atoms. The van der Waals surface area contributed by atoms with Crippen molar-refractivity contribution in [2.24, 2.45) is 7.05 Å². The fourth-order valence-corrected chi connectivity index (χ4v) is 3.24. The molecule has 0 atom stereocenters. The molecule has 2 heterocycles. The van der Waals surface area contributed by atoms with E-state index in [2.05, 4.69) is 14.7 Å². The number of rotatable bonds is 4. The van der Waals surface area contributed by atoms with E-state index in [1.807, 2.05) is 0 Å². The third-order valence-corrected chi connectivity index (χ3v) is 4.81. The molecule has 0 fully saturated rings. The number of aromatic amines is 2. The summed E-state index contributed by atoms with van der Waals surface area (Å²) in [6, 6.07) is 7.26. The third kappa shape index (κ3) is 3.10. The first-order valence-electron chi connectivity index (χ1n) is 6.72. The maximum absolute atomic E-state index is 12.3. The minimum atomic E-state index is -3.74. The molecule has 9 heteroatoms. The molecule has 120 valence electrons. The summed E-state index contributed by atoms with van der Waals surface area (Å²) >= 11 is 0. The Balaban J connectivity index is 1.86. The van der Waals surface area contributed by atoms with Crippen LogP contribution >= 0.6 is 0 Å². The summed E-state index contributed by atoms with van der Waals surface area (Å²) in [5, 5.41) is 0. The van der Waals surface area contributed by atoms with Gasteiger partial charge in [0.1, 0.15) is 0 Å². The molecule has 0 aliphatic carbocycles. The van der Waals surface area contributed by atoms with Crippen LogP contribution in [0.15, 0.2) is 51.0 Å². The lowest BCUT2D eigenvalue weighted by Crippen LogP contribution is -2.24. The number of imidazole rings is 1. The molecular formula is C14H14N4O4S. The van der Waals surface area contributed by atoms with E-state index in [1.54, 1.807) is 19.3 Å². The maximum Gasteiger partial charge on any atom is 0.323 e. The molecule has 3 rings (SSSR count). The number of hydrogen-bond donors (Lipinski definition) is 3. The Labute approximate surface area is 130 Å². The van der Waals surface area contributed by atoms with Crippen LogP contribution in [0.1, 0.15) is 5.56 Å². The molecule has 0 aliphatic heterocycles. The number of aromatic nitrogens is 3. The number of sulfonamides is 1. The lowest BCUT2D eigenvalue weighted by Gasteiger charge is -2.08. The number of hydrogen-bond acceptors (Lipinski definition) is 4. The van der Waals surface area contributed by atoms with Crippen LogP contribution in [0, 0.1) is 0 Å². The van der Waals surface area contributed by atoms with E-state index in [4.69, 9.17) is 0 Å². The number of fused-ring (bicyclic) bond motifs is 1. The van der Waals surface area contributed by atoms with Gasteiger partial charge in [-0.15, -0.1) is 0 Å². The summed E-state index contributed by atoms with van der Waals surface area (Å²) in [5.74, 6) is 0. The molecule has 0 saturated carbocycles. The summed E-state index contributed by atoms with van der Waals surface area (Å²) in [5.41, 5.74) is 1.05. The third-order valence-electron chi connectivity index (χ3n) is 3.41. The molecule has 0 amide bonds. The van der Waals surface area contributed by atoms with Gasteiger partial charge in [0.05, 0.1) is 15.9 Å². The van der Waals surface area contributed by atoms with Gasteiger partial charge in [0, 0.05) is 25.9 Å². The van der Waals surface area contributed by atoms with Gasteiger partial charge in [-0.1, -0.05) is 6.07 Å². The second-order valence-corrected chi connectivity index (χ2v) is 6.86. The highest BCUT2D eigenvalue weighted by Gasteiger charge is 2.15. The predicted octanol–water partition coefficient (Wildman–Crippen LogP) is 0.0334. The normalized spacial score (nSPS) is 11.9. The largest absolute Gasteiger partial charge is 0.323 e. The van der Waals surface area contributed by atoms with E-state index in [0.717, 1.165) is 0 Å². The van der Waals surface area contributed by atoms with Gasteiger partial charge in [-0.2, -0.15) is 0 Å². The summed E-state index contributed by atoms with van der Waals surface area (Å²) in [6.07, 6.45) is 1.57. The summed E-state index contributed by atoms with van der Waals surface area (Å²) in [6.45, 7) is 0.0537. The first-order chi connectivity index (χ1) is 10.8. The van der Waals surface area contributed by atoms with Crippen molar-refractivity contribution in [3.05, 3.63) is 62.9 Å².